The molecule has 3 rings (SSSR count). The Morgan fingerprint density at radius 1 is 1.13 bits per heavy atom. The zero-order chi connectivity index (χ0) is 16.2. The minimum absolute atomic E-state index is 0.449. The van der Waals surface area contributed by atoms with Crippen molar-refractivity contribution in [1.82, 2.24) is 20.2 Å². The molecule has 0 atom stereocenters. The normalized spacial score (nSPS) is 10.5. The van der Waals surface area contributed by atoms with E-state index < -0.39 is 0 Å². The van der Waals surface area contributed by atoms with Gasteiger partial charge in [-0.15, -0.1) is 10.2 Å². The molecule has 0 saturated heterocycles. The number of aryl methyl sites for hydroxylation is 2. The Morgan fingerprint density at radius 3 is 2.65 bits per heavy atom. The van der Waals surface area contributed by atoms with Crippen LogP contribution in [0.4, 0.5) is 0 Å². The van der Waals surface area contributed by atoms with Crippen LogP contribution in [0.5, 0.6) is 0 Å². The van der Waals surface area contributed by atoms with Crippen LogP contribution in [0.25, 0.3) is 11.5 Å². The van der Waals surface area contributed by atoms with Crippen LogP contribution in [-0.4, -0.2) is 20.2 Å². The summed E-state index contributed by atoms with van der Waals surface area (Å²) in [5.74, 6) is 2.06. The topological polar surface area (TPSA) is 88.5 Å². The molecule has 23 heavy (non-hydrogen) atoms. The van der Waals surface area contributed by atoms with E-state index in [1.807, 2.05) is 30.3 Å². The lowest BCUT2D eigenvalue weighted by atomic mass is 10.2. The summed E-state index contributed by atoms with van der Waals surface area (Å²) in [4.78, 5) is 8.53. The first-order chi connectivity index (χ1) is 11.2. The molecule has 0 spiro atoms. The molecule has 0 N–H and O–H groups in total. The van der Waals surface area contributed by atoms with Crippen LogP contribution in [0, 0.1) is 25.2 Å². The highest BCUT2D eigenvalue weighted by atomic mass is 32.2. The van der Waals surface area contributed by atoms with Crippen LogP contribution in [0.1, 0.15) is 23.0 Å². The molecule has 3 aromatic rings. The van der Waals surface area contributed by atoms with Crippen LogP contribution in [-0.2, 0) is 5.75 Å². The number of hydrogen-bond donors (Lipinski definition) is 0. The molecule has 0 amide bonds. The van der Waals surface area contributed by atoms with Crippen LogP contribution in [0.3, 0.4) is 0 Å². The maximum Gasteiger partial charge on any atom is 0.247 e. The lowest BCUT2D eigenvalue weighted by molar-refractivity contribution is 0.528. The monoisotopic (exact) mass is 323 g/mol. The molecule has 2 heterocycles. The summed E-state index contributed by atoms with van der Waals surface area (Å²) in [6.45, 7) is 3.61. The molecule has 0 bridgehead atoms. The van der Waals surface area contributed by atoms with E-state index in [1.54, 1.807) is 13.8 Å². The zero-order valence-electron chi connectivity index (χ0n) is 12.6. The van der Waals surface area contributed by atoms with E-state index in [4.69, 9.17) is 4.42 Å². The van der Waals surface area contributed by atoms with Crippen molar-refractivity contribution in [2.24, 2.45) is 0 Å². The van der Waals surface area contributed by atoms with Gasteiger partial charge in [0.1, 0.15) is 22.5 Å². The Hall–Kier alpha value is -2.72. The Labute approximate surface area is 137 Å². The summed E-state index contributed by atoms with van der Waals surface area (Å²) in [5.41, 5.74) is 2.05. The van der Waals surface area contributed by atoms with Crippen molar-refractivity contribution < 1.29 is 4.42 Å². The van der Waals surface area contributed by atoms with Crippen LogP contribution < -0.4 is 0 Å². The van der Waals surface area contributed by atoms with Crippen molar-refractivity contribution in [2.75, 3.05) is 0 Å². The quantitative estimate of drug-likeness (QED) is 0.537. The van der Waals surface area contributed by atoms with Gasteiger partial charge < -0.3 is 4.42 Å². The highest BCUT2D eigenvalue weighted by Crippen LogP contribution is 2.26. The molecule has 114 valence electrons. The summed E-state index contributed by atoms with van der Waals surface area (Å²) in [6.07, 6.45) is 0. The SMILES string of the molecule is Cc1nc(C)c(C#N)c(SCc2nnc(-c3ccccc3)o2)n1. The standard InChI is InChI=1S/C16H13N5OS/c1-10-13(8-17)16(19-11(2)18-10)23-9-14-20-21-15(22-14)12-6-4-3-5-7-12/h3-7H,9H2,1-2H3. The fraction of sp³-hybridized carbons (Fsp3) is 0.188. The molecule has 2 aromatic heterocycles. The lowest BCUT2D eigenvalue weighted by Gasteiger charge is -2.04. The number of rotatable bonds is 4. The van der Waals surface area contributed by atoms with Gasteiger partial charge in [-0.1, -0.05) is 30.0 Å². The summed E-state index contributed by atoms with van der Waals surface area (Å²) in [7, 11) is 0. The summed E-state index contributed by atoms with van der Waals surface area (Å²) < 4.78 is 5.66. The van der Waals surface area contributed by atoms with Crippen molar-refractivity contribution in [3.05, 3.63) is 53.3 Å². The first kappa shape index (κ1) is 15.2. The van der Waals surface area contributed by atoms with Crippen LogP contribution in [0.15, 0.2) is 39.8 Å². The molecule has 0 fully saturated rings. The van der Waals surface area contributed by atoms with Crippen LogP contribution >= 0.6 is 11.8 Å². The first-order valence-electron chi connectivity index (χ1n) is 6.93. The van der Waals surface area contributed by atoms with Crippen molar-refractivity contribution in [3.8, 4) is 17.5 Å². The van der Waals surface area contributed by atoms with Crippen molar-refractivity contribution >= 4 is 11.8 Å². The highest BCUT2D eigenvalue weighted by Gasteiger charge is 2.13. The molecular formula is C16H13N5OS. The van der Waals surface area contributed by atoms with E-state index in [9.17, 15) is 5.26 Å². The van der Waals surface area contributed by atoms with Gasteiger partial charge in [0.05, 0.1) is 11.4 Å². The zero-order valence-corrected chi connectivity index (χ0v) is 13.5. The van der Waals surface area contributed by atoms with E-state index in [0.29, 0.717) is 39.6 Å². The van der Waals surface area contributed by atoms with Crippen molar-refractivity contribution in [1.29, 1.82) is 5.26 Å². The molecule has 7 heteroatoms. The van der Waals surface area contributed by atoms with Gasteiger partial charge in [0.25, 0.3) is 0 Å². The third-order valence-corrected chi connectivity index (χ3v) is 4.06. The van der Waals surface area contributed by atoms with Gasteiger partial charge in [-0.3, -0.25) is 0 Å². The van der Waals surface area contributed by atoms with Gasteiger partial charge in [0, 0.05) is 5.56 Å². The fourth-order valence-corrected chi connectivity index (χ4v) is 2.97. The number of thioether (sulfide) groups is 1. The number of nitriles is 1. The molecule has 0 unspecified atom stereocenters. The minimum Gasteiger partial charge on any atom is -0.420 e. The number of aromatic nitrogens is 4. The predicted octanol–water partition coefficient (Wildman–Crippen LogP) is 3.31. The van der Waals surface area contributed by atoms with Gasteiger partial charge in [-0.2, -0.15) is 5.26 Å². The third kappa shape index (κ3) is 3.38. The minimum atomic E-state index is 0.449. The van der Waals surface area contributed by atoms with E-state index in [2.05, 4.69) is 26.2 Å². The van der Waals surface area contributed by atoms with Gasteiger partial charge >= 0.3 is 0 Å². The molecule has 0 saturated carbocycles. The Kier molecular flexibility index (Phi) is 4.35. The van der Waals surface area contributed by atoms with E-state index in [1.165, 1.54) is 11.8 Å². The lowest BCUT2D eigenvalue weighted by Crippen LogP contribution is -1.99. The number of hydrogen-bond acceptors (Lipinski definition) is 7. The maximum atomic E-state index is 9.25. The fourth-order valence-electron chi connectivity index (χ4n) is 2.05. The van der Waals surface area contributed by atoms with Gasteiger partial charge in [0.2, 0.25) is 11.8 Å². The Bertz CT molecular complexity index is 870. The largest absolute Gasteiger partial charge is 0.420 e. The second kappa shape index (κ2) is 6.58. The van der Waals surface area contributed by atoms with Crippen LogP contribution in [0.2, 0.25) is 0 Å². The predicted molar refractivity (Wildman–Crippen MR) is 85.5 cm³/mol. The molecule has 0 aliphatic heterocycles. The molecule has 0 aliphatic carbocycles. The second-order valence-corrected chi connectivity index (χ2v) is 5.77. The van der Waals surface area contributed by atoms with Gasteiger partial charge in [-0.05, 0) is 26.0 Å². The van der Waals surface area contributed by atoms with Crippen molar-refractivity contribution in [2.45, 2.75) is 24.6 Å². The summed E-state index contributed by atoms with van der Waals surface area (Å²) >= 11 is 1.39. The van der Waals surface area contributed by atoms with E-state index >= 15 is 0 Å². The Morgan fingerprint density at radius 2 is 1.91 bits per heavy atom. The van der Waals surface area contributed by atoms with E-state index in [0.717, 1.165) is 5.56 Å². The molecular weight excluding hydrogens is 310 g/mol. The molecule has 0 radical (unpaired) electrons. The second-order valence-electron chi connectivity index (χ2n) is 4.80. The number of nitrogens with zero attached hydrogens (tertiary/aromatic N) is 5. The molecule has 1 aromatic carbocycles. The van der Waals surface area contributed by atoms with Crippen molar-refractivity contribution in [3.63, 3.8) is 0 Å². The Balaban J connectivity index is 1.78. The maximum absolute atomic E-state index is 9.25. The smallest absolute Gasteiger partial charge is 0.247 e. The summed E-state index contributed by atoms with van der Waals surface area (Å²) in [6, 6.07) is 11.7. The molecule has 0 aliphatic rings. The summed E-state index contributed by atoms with van der Waals surface area (Å²) in [5, 5.41) is 18.0. The average Bonchev–Trinajstić information content (AvgIpc) is 3.02. The highest BCUT2D eigenvalue weighted by molar-refractivity contribution is 7.98. The van der Waals surface area contributed by atoms with Gasteiger partial charge in [0.15, 0.2) is 0 Å². The average molecular weight is 323 g/mol. The molecule has 6 nitrogen and oxygen atoms in total. The third-order valence-electron chi connectivity index (χ3n) is 3.10. The number of benzene rings is 1. The first-order valence-corrected chi connectivity index (χ1v) is 7.92. The van der Waals surface area contributed by atoms with Gasteiger partial charge in [-0.25, -0.2) is 9.97 Å². The van der Waals surface area contributed by atoms with E-state index in [-0.39, 0.29) is 0 Å².